The van der Waals surface area contributed by atoms with E-state index in [9.17, 15) is 22.2 Å². The van der Waals surface area contributed by atoms with Gasteiger partial charge >= 0.3 is 10.2 Å². The lowest BCUT2D eigenvalue weighted by molar-refractivity contribution is -0.117. The summed E-state index contributed by atoms with van der Waals surface area (Å²) in [6, 6.07) is 3.91. The Hall–Kier alpha value is -1.34. The van der Waals surface area contributed by atoms with E-state index >= 15 is 0 Å². The highest BCUT2D eigenvalue weighted by Crippen LogP contribution is 2.33. The van der Waals surface area contributed by atoms with E-state index in [4.69, 9.17) is 11.6 Å². The predicted molar refractivity (Wildman–Crippen MR) is 63.9 cm³/mol. The fraction of sp³-hybridized carbons (Fsp3) is 0.300. The van der Waals surface area contributed by atoms with Gasteiger partial charge in [-0.2, -0.15) is 8.42 Å². The largest absolute Gasteiger partial charge is 0.508 e. The number of phenolic OH excluding ortho intramolecular Hbond substituents is 1. The monoisotopic (exact) mass is 293 g/mol. The van der Waals surface area contributed by atoms with Gasteiger partial charge in [0.05, 0.1) is 10.7 Å². The van der Waals surface area contributed by atoms with Crippen molar-refractivity contribution in [3.8, 4) is 5.75 Å². The van der Waals surface area contributed by atoms with Crippen molar-refractivity contribution >= 4 is 33.4 Å². The van der Waals surface area contributed by atoms with Crippen LogP contribution < -0.4 is 4.90 Å². The highest BCUT2D eigenvalue weighted by molar-refractivity contribution is 7.87. The molecule has 0 spiro atoms. The molecular weight excluding hydrogens is 285 g/mol. The van der Waals surface area contributed by atoms with Gasteiger partial charge in [-0.05, 0) is 12.1 Å². The van der Waals surface area contributed by atoms with Crippen molar-refractivity contribution in [2.24, 2.45) is 0 Å². The van der Waals surface area contributed by atoms with Crippen molar-refractivity contribution in [1.82, 2.24) is 0 Å². The van der Waals surface area contributed by atoms with E-state index in [-0.39, 0.29) is 23.0 Å². The lowest BCUT2D eigenvalue weighted by Crippen LogP contribution is -2.27. The normalized spacial score (nSPS) is 20.4. The summed E-state index contributed by atoms with van der Waals surface area (Å²) in [7, 11) is -4.75. The lowest BCUT2D eigenvalue weighted by Gasteiger charge is -2.17. The predicted octanol–water partition coefficient (Wildman–Crippen LogP) is 1.45. The second-order valence-electron chi connectivity index (χ2n) is 3.94. The van der Waals surface area contributed by atoms with Crippen molar-refractivity contribution < 1.29 is 22.2 Å². The highest BCUT2D eigenvalue weighted by Gasteiger charge is 2.39. The molecule has 1 aromatic rings. The number of hydrogen-bond acceptors (Lipinski definition) is 4. The minimum atomic E-state index is -4.75. The standard InChI is InChI=1S/C10H9ClFNO4S/c11-8-3-6(14)1-2-9(8)13-5-7(4-10(13)15)18(12,16)17/h1-3,7,14H,4-5H2. The number of hydrogen-bond donors (Lipinski definition) is 1. The number of phenols is 1. The Morgan fingerprint density at radius 1 is 1.44 bits per heavy atom. The molecule has 1 N–H and O–H groups in total. The maximum atomic E-state index is 12.8. The van der Waals surface area contributed by atoms with Crippen molar-refractivity contribution in [1.29, 1.82) is 0 Å². The summed E-state index contributed by atoms with van der Waals surface area (Å²) in [5.41, 5.74) is 0.255. The Kier molecular flexibility index (Phi) is 3.20. The molecule has 1 heterocycles. The molecular formula is C10H9ClFNO4S. The van der Waals surface area contributed by atoms with E-state index < -0.39 is 27.8 Å². The van der Waals surface area contributed by atoms with Gasteiger partial charge in [0.15, 0.2) is 0 Å². The summed E-state index contributed by atoms with van der Waals surface area (Å²) in [5.74, 6) is -0.598. The number of rotatable bonds is 2. The van der Waals surface area contributed by atoms with Crippen LogP contribution in [0.4, 0.5) is 9.57 Å². The first-order valence-electron chi connectivity index (χ1n) is 5.01. The van der Waals surface area contributed by atoms with Crippen LogP contribution in [-0.2, 0) is 15.0 Å². The number of benzene rings is 1. The van der Waals surface area contributed by atoms with Crippen LogP contribution >= 0.6 is 11.6 Å². The van der Waals surface area contributed by atoms with Crippen LogP contribution in [0.15, 0.2) is 18.2 Å². The van der Waals surface area contributed by atoms with E-state index in [0.29, 0.717) is 0 Å². The SMILES string of the molecule is O=C1CC(S(=O)(=O)F)CN1c1ccc(O)cc1Cl. The average molecular weight is 294 g/mol. The quantitative estimate of drug-likeness (QED) is 0.838. The Labute approximate surface area is 108 Å². The molecule has 8 heteroatoms. The zero-order chi connectivity index (χ0) is 13.5. The first-order valence-corrected chi connectivity index (χ1v) is 6.84. The molecule has 0 aliphatic carbocycles. The Balaban J connectivity index is 2.33. The number of nitrogens with zero attached hydrogens (tertiary/aromatic N) is 1. The maximum absolute atomic E-state index is 12.8. The summed E-state index contributed by atoms with van der Waals surface area (Å²) in [6.45, 7) is -0.276. The number of carbonyl (C=O) groups is 1. The summed E-state index contributed by atoms with van der Waals surface area (Å²) in [6.07, 6.45) is -0.407. The van der Waals surface area contributed by atoms with Gasteiger partial charge in [-0.3, -0.25) is 4.79 Å². The van der Waals surface area contributed by atoms with Crippen LogP contribution in [0.1, 0.15) is 6.42 Å². The van der Waals surface area contributed by atoms with Gasteiger partial charge in [0.2, 0.25) is 5.91 Å². The smallest absolute Gasteiger partial charge is 0.307 e. The van der Waals surface area contributed by atoms with E-state index in [0.717, 1.165) is 4.90 Å². The van der Waals surface area contributed by atoms with Crippen LogP contribution in [0.3, 0.4) is 0 Å². The zero-order valence-corrected chi connectivity index (χ0v) is 10.6. The molecule has 1 unspecified atom stereocenters. The van der Waals surface area contributed by atoms with Gasteiger partial charge in [-0.25, -0.2) is 0 Å². The van der Waals surface area contributed by atoms with Crippen molar-refractivity contribution in [2.45, 2.75) is 11.7 Å². The third-order valence-electron chi connectivity index (χ3n) is 2.71. The van der Waals surface area contributed by atoms with E-state index in [1.165, 1.54) is 18.2 Å². The number of anilines is 1. The third-order valence-corrected chi connectivity index (χ3v) is 4.12. The van der Waals surface area contributed by atoms with Crippen LogP contribution in [0.25, 0.3) is 0 Å². The summed E-state index contributed by atoms with van der Waals surface area (Å²) < 4.78 is 34.4. The minimum Gasteiger partial charge on any atom is -0.508 e. The molecule has 1 aromatic carbocycles. The third kappa shape index (κ3) is 2.41. The Morgan fingerprint density at radius 2 is 2.11 bits per heavy atom. The molecule has 0 radical (unpaired) electrons. The van der Waals surface area contributed by atoms with Crippen LogP contribution in [0, 0.1) is 0 Å². The molecule has 1 amide bonds. The second-order valence-corrected chi connectivity index (χ2v) is 5.97. The zero-order valence-electron chi connectivity index (χ0n) is 9.01. The van der Waals surface area contributed by atoms with Crippen molar-refractivity contribution in [3.05, 3.63) is 23.2 Å². The van der Waals surface area contributed by atoms with E-state index in [1.807, 2.05) is 0 Å². The molecule has 1 aliphatic rings. The lowest BCUT2D eigenvalue weighted by atomic mass is 10.3. The number of amides is 1. The number of carbonyl (C=O) groups excluding carboxylic acids is 1. The van der Waals surface area contributed by atoms with Gasteiger partial charge in [0.25, 0.3) is 0 Å². The molecule has 1 aliphatic heterocycles. The summed E-state index contributed by atoms with van der Waals surface area (Å²) >= 11 is 5.84. The fourth-order valence-electron chi connectivity index (χ4n) is 1.81. The molecule has 5 nitrogen and oxygen atoms in total. The molecule has 98 valence electrons. The highest BCUT2D eigenvalue weighted by atomic mass is 35.5. The molecule has 1 saturated heterocycles. The van der Waals surface area contributed by atoms with E-state index in [1.54, 1.807) is 0 Å². The fourth-order valence-corrected chi connectivity index (χ4v) is 2.76. The molecule has 2 rings (SSSR count). The molecule has 0 bridgehead atoms. The van der Waals surface area contributed by atoms with E-state index in [2.05, 4.69) is 0 Å². The number of aromatic hydroxyl groups is 1. The van der Waals surface area contributed by atoms with Crippen molar-refractivity contribution in [3.63, 3.8) is 0 Å². The second kappa shape index (κ2) is 4.40. The molecule has 1 atom stereocenters. The van der Waals surface area contributed by atoms with Crippen LogP contribution in [0.2, 0.25) is 5.02 Å². The van der Waals surface area contributed by atoms with Crippen LogP contribution in [0.5, 0.6) is 5.75 Å². The topological polar surface area (TPSA) is 74.7 Å². The Morgan fingerprint density at radius 3 is 2.61 bits per heavy atom. The van der Waals surface area contributed by atoms with Crippen LogP contribution in [-0.4, -0.2) is 31.2 Å². The summed E-state index contributed by atoms with van der Waals surface area (Å²) in [5, 5.41) is 7.92. The first kappa shape index (κ1) is 13.1. The first-order chi connectivity index (χ1) is 8.29. The average Bonchev–Trinajstić information content (AvgIpc) is 2.60. The molecule has 0 saturated carbocycles. The van der Waals surface area contributed by atoms with Gasteiger partial charge in [-0.1, -0.05) is 11.6 Å². The van der Waals surface area contributed by atoms with Crippen molar-refractivity contribution in [2.75, 3.05) is 11.4 Å². The molecule has 1 fully saturated rings. The maximum Gasteiger partial charge on any atom is 0.307 e. The number of halogens is 2. The van der Waals surface area contributed by atoms with Gasteiger partial charge in [-0.15, -0.1) is 3.89 Å². The molecule has 0 aromatic heterocycles. The Bertz CT molecular complexity index is 604. The molecule has 18 heavy (non-hydrogen) atoms. The van der Waals surface area contributed by atoms with Gasteiger partial charge in [0, 0.05) is 19.0 Å². The summed E-state index contributed by atoms with van der Waals surface area (Å²) in [4.78, 5) is 12.7. The minimum absolute atomic E-state index is 0.0786. The van der Waals surface area contributed by atoms with Gasteiger partial charge < -0.3 is 10.0 Å². The van der Waals surface area contributed by atoms with Gasteiger partial charge in [0.1, 0.15) is 11.0 Å².